The van der Waals surface area contributed by atoms with Gasteiger partial charge in [-0.3, -0.25) is 0 Å². The van der Waals surface area contributed by atoms with Crippen LogP contribution in [0.3, 0.4) is 0 Å². The number of hydrogen-bond acceptors (Lipinski definition) is 2. The molecule has 0 spiro atoms. The Hall–Kier alpha value is -0.340. The van der Waals surface area contributed by atoms with Gasteiger partial charge in [0.2, 0.25) is 0 Å². The molecule has 1 saturated heterocycles. The van der Waals surface area contributed by atoms with E-state index in [1.807, 2.05) is 0 Å². The van der Waals surface area contributed by atoms with Crippen LogP contribution in [0.25, 0.3) is 0 Å². The molecule has 0 amide bonds. The molecule has 66 valence electrons. The van der Waals surface area contributed by atoms with Crippen molar-refractivity contribution in [3.63, 3.8) is 0 Å². The highest BCUT2D eigenvalue weighted by atomic mass is 16.6. The predicted octanol–water partition coefficient (Wildman–Crippen LogP) is 1.37. The lowest BCUT2D eigenvalue weighted by atomic mass is 10.0. The van der Waals surface area contributed by atoms with Gasteiger partial charge in [-0.1, -0.05) is 12.2 Å². The molecule has 12 heavy (non-hydrogen) atoms. The number of ether oxygens (including phenoxy) is 2. The van der Waals surface area contributed by atoms with E-state index in [4.69, 9.17) is 9.47 Å². The molecule has 0 N–H and O–H groups in total. The fraction of sp³-hybridized carbons (Fsp3) is 0.800. The lowest BCUT2D eigenvalue weighted by Crippen LogP contribution is -2.20. The van der Waals surface area contributed by atoms with Gasteiger partial charge in [0.1, 0.15) is 6.10 Å². The second-order valence-electron chi connectivity index (χ2n) is 4.11. The zero-order valence-electron chi connectivity index (χ0n) is 7.11. The maximum absolute atomic E-state index is 5.78. The Morgan fingerprint density at radius 1 is 1.33 bits per heavy atom. The second kappa shape index (κ2) is 2.57. The van der Waals surface area contributed by atoms with Gasteiger partial charge in [-0.15, -0.1) is 0 Å². The minimum atomic E-state index is 0.424. The van der Waals surface area contributed by atoms with Crippen molar-refractivity contribution in [3.8, 4) is 0 Å². The highest BCUT2D eigenvalue weighted by Crippen LogP contribution is 2.40. The maximum atomic E-state index is 5.78. The molecule has 1 heterocycles. The van der Waals surface area contributed by atoms with E-state index in [1.54, 1.807) is 0 Å². The van der Waals surface area contributed by atoms with Crippen LogP contribution in [0.2, 0.25) is 0 Å². The fourth-order valence-corrected chi connectivity index (χ4v) is 2.32. The summed E-state index contributed by atoms with van der Waals surface area (Å²) >= 11 is 0. The van der Waals surface area contributed by atoms with Crippen LogP contribution in [0.1, 0.15) is 12.8 Å². The van der Waals surface area contributed by atoms with Gasteiger partial charge in [0.25, 0.3) is 0 Å². The Morgan fingerprint density at radius 2 is 2.25 bits per heavy atom. The Bertz CT molecular complexity index is 208. The summed E-state index contributed by atoms with van der Waals surface area (Å²) in [4.78, 5) is 0. The van der Waals surface area contributed by atoms with Gasteiger partial charge >= 0.3 is 0 Å². The first-order valence-corrected chi connectivity index (χ1v) is 4.83. The standard InChI is InChI=1S/C10H14O2/c1-2-8-3-7(1)4-10(8)12-6-9-5-11-9/h1-2,7-10H,3-6H2. The van der Waals surface area contributed by atoms with E-state index in [0.29, 0.717) is 18.1 Å². The fourth-order valence-electron chi connectivity index (χ4n) is 2.32. The molecule has 0 aromatic heterocycles. The van der Waals surface area contributed by atoms with Crippen molar-refractivity contribution in [2.24, 2.45) is 11.8 Å². The summed E-state index contributed by atoms with van der Waals surface area (Å²) in [6.07, 6.45) is 8.17. The van der Waals surface area contributed by atoms with Crippen molar-refractivity contribution >= 4 is 0 Å². The third-order valence-electron chi connectivity index (χ3n) is 3.12. The molecule has 0 aromatic carbocycles. The average Bonchev–Trinajstić information content (AvgIpc) is 2.69. The summed E-state index contributed by atoms with van der Waals surface area (Å²) in [5, 5.41) is 0. The highest BCUT2D eigenvalue weighted by molar-refractivity contribution is 5.11. The van der Waals surface area contributed by atoms with Crippen LogP contribution in [0.5, 0.6) is 0 Å². The lowest BCUT2D eigenvalue weighted by molar-refractivity contribution is 0.0273. The largest absolute Gasteiger partial charge is 0.375 e. The molecule has 3 rings (SSSR count). The summed E-state index contributed by atoms with van der Waals surface area (Å²) in [5.41, 5.74) is 0. The van der Waals surface area contributed by atoms with Gasteiger partial charge in [-0.05, 0) is 18.8 Å². The molecule has 0 aromatic rings. The summed E-state index contributed by atoms with van der Waals surface area (Å²) in [6, 6.07) is 0. The molecule has 1 saturated carbocycles. The molecule has 2 nitrogen and oxygen atoms in total. The molecule has 4 unspecified atom stereocenters. The quantitative estimate of drug-likeness (QED) is 0.466. The van der Waals surface area contributed by atoms with Gasteiger partial charge in [0, 0.05) is 5.92 Å². The van der Waals surface area contributed by atoms with Crippen molar-refractivity contribution in [2.75, 3.05) is 13.2 Å². The van der Waals surface area contributed by atoms with Crippen LogP contribution in [0.15, 0.2) is 12.2 Å². The Balaban J connectivity index is 1.53. The monoisotopic (exact) mass is 166 g/mol. The van der Waals surface area contributed by atoms with E-state index in [2.05, 4.69) is 12.2 Å². The molecule has 2 aliphatic carbocycles. The minimum Gasteiger partial charge on any atom is -0.375 e. The van der Waals surface area contributed by atoms with Crippen molar-refractivity contribution in [1.82, 2.24) is 0 Å². The molecule has 2 bridgehead atoms. The first-order valence-electron chi connectivity index (χ1n) is 4.83. The highest BCUT2D eigenvalue weighted by Gasteiger charge is 2.37. The first-order chi connectivity index (χ1) is 5.92. The van der Waals surface area contributed by atoms with E-state index >= 15 is 0 Å². The number of rotatable bonds is 3. The number of epoxide rings is 1. The Labute approximate surface area is 72.5 Å². The van der Waals surface area contributed by atoms with Crippen molar-refractivity contribution < 1.29 is 9.47 Å². The number of hydrogen-bond donors (Lipinski definition) is 0. The topological polar surface area (TPSA) is 21.8 Å². The maximum Gasteiger partial charge on any atom is 0.104 e. The van der Waals surface area contributed by atoms with Crippen molar-refractivity contribution in [1.29, 1.82) is 0 Å². The van der Waals surface area contributed by atoms with E-state index in [0.717, 1.165) is 19.1 Å². The van der Waals surface area contributed by atoms with Crippen molar-refractivity contribution in [2.45, 2.75) is 25.0 Å². The molecule has 3 aliphatic rings. The van der Waals surface area contributed by atoms with Crippen molar-refractivity contribution in [3.05, 3.63) is 12.2 Å². The summed E-state index contributed by atoms with van der Waals surface area (Å²) in [5.74, 6) is 1.54. The minimum absolute atomic E-state index is 0.424. The van der Waals surface area contributed by atoms with Gasteiger partial charge in [-0.25, -0.2) is 0 Å². The van der Waals surface area contributed by atoms with Crippen LogP contribution in [-0.4, -0.2) is 25.4 Å². The average molecular weight is 166 g/mol. The zero-order valence-corrected chi connectivity index (χ0v) is 7.11. The molecule has 2 heteroatoms. The van der Waals surface area contributed by atoms with Gasteiger partial charge in [0.05, 0.1) is 19.3 Å². The number of allylic oxidation sites excluding steroid dienone is 1. The number of fused-ring (bicyclic) bond motifs is 2. The van der Waals surface area contributed by atoms with Crippen LogP contribution in [-0.2, 0) is 9.47 Å². The van der Waals surface area contributed by atoms with Crippen LogP contribution >= 0.6 is 0 Å². The second-order valence-corrected chi connectivity index (χ2v) is 4.11. The molecule has 4 atom stereocenters. The van der Waals surface area contributed by atoms with Gasteiger partial charge in [0.15, 0.2) is 0 Å². The first kappa shape index (κ1) is 7.10. The molecule has 0 radical (unpaired) electrons. The smallest absolute Gasteiger partial charge is 0.104 e. The predicted molar refractivity (Wildman–Crippen MR) is 44.8 cm³/mol. The Kier molecular flexibility index (Phi) is 1.52. The van der Waals surface area contributed by atoms with E-state index < -0.39 is 0 Å². The summed E-state index contributed by atoms with van der Waals surface area (Å²) in [6.45, 7) is 1.73. The third-order valence-corrected chi connectivity index (χ3v) is 3.12. The third kappa shape index (κ3) is 1.19. The van der Waals surface area contributed by atoms with Crippen LogP contribution < -0.4 is 0 Å². The Morgan fingerprint density at radius 3 is 2.83 bits per heavy atom. The lowest BCUT2D eigenvalue weighted by Gasteiger charge is -2.17. The molecular formula is C10H14O2. The van der Waals surface area contributed by atoms with Crippen LogP contribution in [0, 0.1) is 11.8 Å². The van der Waals surface area contributed by atoms with E-state index in [9.17, 15) is 0 Å². The molecule has 1 aliphatic heterocycles. The van der Waals surface area contributed by atoms with Gasteiger partial charge < -0.3 is 9.47 Å². The SMILES string of the molecule is C1=CC2CC1CC2OCC1CO1. The normalized spacial score (nSPS) is 48.7. The van der Waals surface area contributed by atoms with E-state index in [-0.39, 0.29) is 0 Å². The molecular weight excluding hydrogens is 152 g/mol. The zero-order chi connectivity index (χ0) is 7.97. The summed E-state index contributed by atoms with van der Waals surface area (Å²) < 4.78 is 10.9. The van der Waals surface area contributed by atoms with E-state index in [1.165, 1.54) is 12.8 Å². The molecule has 2 fully saturated rings. The summed E-state index contributed by atoms with van der Waals surface area (Å²) in [7, 11) is 0. The van der Waals surface area contributed by atoms with Crippen LogP contribution in [0.4, 0.5) is 0 Å². The van der Waals surface area contributed by atoms with Gasteiger partial charge in [-0.2, -0.15) is 0 Å².